The van der Waals surface area contributed by atoms with E-state index in [1.165, 1.54) is 18.2 Å². The molecular weight excluding hydrogens is 504 g/mol. The molecule has 0 unspecified atom stereocenters. The molecule has 39 heavy (non-hydrogen) atoms. The third-order valence-electron chi connectivity index (χ3n) is 8.73. The third kappa shape index (κ3) is 4.86. The maximum atomic E-state index is 14.8. The molecule has 0 aromatic heterocycles. The van der Waals surface area contributed by atoms with Gasteiger partial charge >= 0.3 is 5.97 Å². The molecule has 208 valence electrons. The second-order valence-electron chi connectivity index (χ2n) is 11.8. The van der Waals surface area contributed by atoms with Gasteiger partial charge < -0.3 is 19.6 Å². The lowest BCUT2D eigenvalue weighted by Crippen LogP contribution is -2.61. The van der Waals surface area contributed by atoms with Crippen molar-refractivity contribution in [2.24, 2.45) is 10.6 Å². The first-order valence-electron chi connectivity index (χ1n) is 13.9. The van der Waals surface area contributed by atoms with E-state index >= 15 is 0 Å². The van der Waals surface area contributed by atoms with Crippen LogP contribution in [0.1, 0.15) is 63.0 Å². The largest absolute Gasteiger partial charge is 0.493 e. The number of amidine groups is 1. The van der Waals surface area contributed by atoms with Crippen LogP contribution in [0.25, 0.3) is 11.1 Å². The van der Waals surface area contributed by atoms with E-state index in [0.717, 1.165) is 49.3 Å². The molecule has 2 aromatic rings. The van der Waals surface area contributed by atoms with Crippen molar-refractivity contribution < 1.29 is 28.3 Å². The van der Waals surface area contributed by atoms with E-state index in [-0.39, 0.29) is 17.1 Å². The van der Waals surface area contributed by atoms with Crippen LogP contribution in [0.3, 0.4) is 0 Å². The van der Waals surface area contributed by atoms with Crippen molar-refractivity contribution in [3.63, 3.8) is 0 Å². The summed E-state index contributed by atoms with van der Waals surface area (Å²) in [4.78, 5) is 22.0. The summed E-state index contributed by atoms with van der Waals surface area (Å²) in [5, 5.41) is 13.9. The smallest absolute Gasteiger partial charge is 0.309 e. The summed E-state index contributed by atoms with van der Waals surface area (Å²) < 4.78 is 35.7. The highest BCUT2D eigenvalue weighted by Crippen LogP contribution is 2.49. The fourth-order valence-electron chi connectivity index (χ4n) is 6.23. The van der Waals surface area contributed by atoms with Gasteiger partial charge in [-0.05, 0) is 74.8 Å². The fourth-order valence-corrected chi connectivity index (χ4v) is 6.23. The average Bonchev–Trinajstić information content (AvgIpc) is 3.63. The molecule has 0 bridgehead atoms. The molecule has 1 N–H and O–H groups in total. The molecule has 9 heteroatoms. The van der Waals surface area contributed by atoms with Crippen LogP contribution in [0.2, 0.25) is 0 Å². The van der Waals surface area contributed by atoms with Crippen LogP contribution in [0.5, 0.6) is 5.75 Å². The molecule has 0 radical (unpaired) electrons. The van der Waals surface area contributed by atoms with E-state index in [1.807, 2.05) is 19.9 Å². The highest BCUT2D eigenvalue weighted by molar-refractivity contribution is 5.85. The number of piperidine rings is 1. The Labute approximate surface area is 227 Å². The summed E-state index contributed by atoms with van der Waals surface area (Å²) in [6, 6.07) is 8.00. The zero-order valence-electron chi connectivity index (χ0n) is 22.5. The van der Waals surface area contributed by atoms with Crippen LogP contribution < -0.4 is 4.74 Å². The second-order valence-corrected chi connectivity index (χ2v) is 11.8. The van der Waals surface area contributed by atoms with Gasteiger partial charge in [-0.15, -0.1) is 0 Å². The van der Waals surface area contributed by atoms with Gasteiger partial charge in [-0.1, -0.05) is 17.3 Å². The predicted octanol–water partition coefficient (Wildman–Crippen LogP) is 5.38. The molecule has 2 saturated heterocycles. The van der Waals surface area contributed by atoms with Crippen LogP contribution in [0, 0.1) is 17.0 Å². The lowest BCUT2D eigenvalue weighted by atomic mass is 9.80. The van der Waals surface area contributed by atoms with Crippen LogP contribution >= 0.6 is 0 Å². The van der Waals surface area contributed by atoms with Crippen molar-refractivity contribution in [1.82, 2.24) is 9.80 Å². The molecule has 1 saturated carbocycles. The number of ether oxygens (including phenoxy) is 1. The minimum Gasteiger partial charge on any atom is -0.493 e. The van der Waals surface area contributed by atoms with E-state index in [0.29, 0.717) is 50.4 Å². The Kier molecular flexibility index (Phi) is 6.52. The number of carboxylic acid groups (broad SMARTS) is 1. The Morgan fingerprint density at radius 3 is 2.46 bits per heavy atom. The fraction of sp³-hybridized carbons (Fsp3) is 0.533. The maximum absolute atomic E-state index is 14.8. The van der Waals surface area contributed by atoms with E-state index in [4.69, 9.17) is 9.57 Å². The van der Waals surface area contributed by atoms with Crippen LogP contribution in [0.4, 0.5) is 8.78 Å². The average molecular weight is 540 g/mol. The topological polar surface area (TPSA) is 74.6 Å². The Morgan fingerprint density at radius 2 is 1.85 bits per heavy atom. The normalized spacial score (nSPS) is 21.8. The highest BCUT2D eigenvalue weighted by Gasteiger charge is 2.51. The predicted molar refractivity (Wildman–Crippen MR) is 143 cm³/mol. The van der Waals surface area contributed by atoms with Crippen LogP contribution in [-0.2, 0) is 16.2 Å². The first kappa shape index (κ1) is 26.0. The van der Waals surface area contributed by atoms with Crippen molar-refractivity contribution in [2.45, 2.75) is 64.0 Å². The molecule has 3 aliphatic heterocycles. The van der Waals surface area contributed by atoms with Crippen LogP contribution in [0.15, 0.2) is 35.5 Å². The van der Waals surface area contributed by atoms with Gasteiger partial charge in [0.1, 0.15) is 23.2 Å². The molecule has 3 heterocycles. The molecule has 4 aliphatic rings. The zero-order valence-corrected chi connectivity index (χ0v) is 22.5. The van der Waals surface area contributed by atoms with Gasteiger partial charge in [0, 0.05) is 38.3 Å². The van der Waals surface area contributed by atoms with Crippen molar-refractivity contribution >= 4 is 11.8 Å². The van der Waals surface area contributed by atoms with Gasteiger partial charge in [0.25, 0.3) is 0 Å². The lowest BCUT2D eigenvalue weighted by molar-refractivity contribution is -0.150. The quantitative estimate of drug-likeness (QED) is 0.509. The third-order valence-corrected chi connectivity index (χ3v) is 8.73. The summed E-state index contributed by atoms with van der Waals surface area (Å²) in [5.74, 6) is -0.174. The summed E-state index contributed by atoms with van der Waals surface area (Å²) >= 11 is 0. The number of oxime groups is 1. The molecule has 2 aromatic carbocycles. The van der Waals surface area contributed by atoms with Gasteiger partial charge in [0.05, 0.1) is 24.0 Å². The molecular formula is C30H35F2N3O4. The molecule has 1 spiro atoms. The van der Waals surface area contributed by atoms with Crippen LogP contribution in [-0.4, -0.2) is 65.1 Å². The van der Waals surface area contributed by atoms with Gasteiger partial charge in [-0.3, -0.25) is 9.69 Å². The first-order valence-corrected chi connectivity index (χ1v) is 13.9. The zero-order chi connectivity index (χ0) is 27.4. The van der Waals surface area contributed by atoms with E-state index in [2.05, 4.69) is 21.0 Å². The minimum absolute atomic E-state index is 0.0114. The number of carbonyl (C=O) groups is 1. The Balaban J connectivity index is 1.14. The number of aliphatic carboxylic acids is 1. The molecule has 0 amide bonds. The summed E-state index contributed by atoms with van der Waals surface area (Å²) in [6.45, 7) is 7.58. The molecule has 3 fully saturated rings. The van der Waals surface area contributed by atoms with Crippen molar-refractivity contribution in [2.75, 3.05) is 32.8 Å². The standard InChI is InChI=1S/C30H35F2N3O4/c1-3-38-24-14-19(13-21(20-7-8-20)26(24)27-22(31)5-4-6-23(27)32)16-34-17-30(18-34)15-25(33-39-30)35-11-9-29(2,10-12-35)28(36)37/h4-6,13-14,20H,3,7-12,15-18H2,1-2H3,(H,36,37). The lowest BCUT2D eigenvalue weighted by Gasteiger charge is -2.45. The van der Waals surface area contributed by atoms with Crippen molar-refractivity contribution in [1.29, 1.82) is 0 Å². The second kappa shape index (κ2) is 9.77. The van der Waals surface area contributed by atoms with Gasteiger partial charge in [-0.25, -0.2) is 8.78 Å². The van der Waals surface area contributed by atoms with E-state index in [1.54, 1.807) is 0 Å². The van der Waals surface area contributed by atoms with Crippen molar-refractivity contribution in [3.8, 4) is 16.9 Å². The number of nitrogens with zero attached hydrogens (tertiary/aromatic N) is 3. The molecule has 1 aliphatic carbocycles. The number of hydrogen-bond acceptors (Lipinski definition) is 6. The first-order chi connectivity index (χ1) is 18.7. The highest BCUT2D eigenvalue weighted by atomic mass is 19.1. The SMILES string of the molecule is CCOc1cc(CN2CC3(CC(N4CCC(C)(C(=O)O)CC4)=NO3)C2)cc(C2CC2)c1-c1c(F)cccc1F. The molecule has 6 rings (SSSR count). The number of rotatable bonds is 7. The van der Waals surface area contributed by atoms with Gasteiger partial charge in [-0.2, -0.15) is 0 Å². The monoisotopic (exact) mass is 539 g/mol. The number of halogens is 2. The summed E-state index contributed by atoms with van der Waals surface area (Å²) in [5.41, 5.74) is 1.52. The van der Waals surface area contributed by atoms with E-state index in [9.17, 15) is 18.7 Å². The summed E-state index contributed by atoms with van der Waals surface area (Å²) in [7, 11) is 0. The Hall–Kier alpha value is -3.20. The Morgan fingerprint density at radius 1 is 1.15 bits per heavy atom. The maximum Gasteiger partial charge on any atom is 0.309 e. The van der Waals surface area contributed by atoms with Crippen molar-refractivity contribution in [3.05, 3.63) is 53.1 Å². The number of likely N-dealkylation sites (tertiary alicyclic amines) is 2. The van der Waals surface area contributed by atoms with Gasteiger partial charge in [0.15, 0.2) is 5.60 Å². The minimum atomic E-state index is -0.734. The molecule has 0 atom stereocenters. The summed E-state index contributed by atoms with van der Waals surface area (Å²) in [6.07, 6.45) is 3.91. The number of benzene rings is 2. The van der Waals surface area contributed by atoms with Gasteiger partial charge in [0.2, 0.25) is 0 Å². The number of carboxylic acids is 1. The van der Waals surface area contributed by atoms with E-state index < -0.39 is 23.0 Å². The number of hydrogen-bond donors (Lipinski definition) is 1. The Bertz CT molecular complexity index is 1290. The molecule has 7 nitrogen and oxygen atoms in total.